The maximum absolute atomic E-state index is 4.40. The maximum atomic E-state index is 4.40. The second-order valence-electron chi connectivity index (χ2n) is 4.22. The Morgan fingerprint density at radius 3 is 2.70 bits per heavy atom. The molecular weight excluding hydrogens is 256 g/mol. The first-order valence-corrected chi connectivity index (χ1v) is 6.26. The van der Waals surface area contributed by atoms with Gasteiger partial charge in [-0.25, -0.2) is 9.67 Å². The van der Waals surface area contributed by atoms with E-state index in [0.29, 0.717) is 17.8 Å². The fourth-order valence-corrected chi connectivity index (χ4v) is 1.71. The topological polar surface area (TPSA) is 86.3 Å². The molecule has 3 rings (SSSR count). The van der Waals surface area contributed by atoms with Gasteiger partial charge in [0.05, 0.1) is 6.20 Å². The van der Waals surface area contributed by atoms with Crippen molar-refractivity contribution in [1.29, 1.82) is 0 Å². The molecule has 1 N–H and O–H groups in total. The highest BCUT2D eigenvalue weighted by Crippen LogP contribution is 2.09. The number of nitrogens with zero attached hydrogens (tertiary/aromatic N) is 7. The molecule has 0 aliphatic heterocycles. The normalized spacial score (nSPS) is 10.7. The van der Waals surface area contributed by atoms with Crippen LogP contribution in [0.2, 0.25) is 0 Å². The molecule has 102 valence electrons. The van der Waals surface area contributed by atoms with Crippen molar-refractivity contribution in [2.24, 2.45) is 0 Å². The molecule has 3 aromatic heterocycles. The zero-order chi connectivity index (χ0) is 13.9. The highest BCUT2D eigenvalue weighted by Gasteiger charge is 2.09. The molecule has 0 spiro atoms. The highest BCUT2D eigenvalue weighted by atomic mass is 15.4. The molecular formula is C12H14N8. The molecule has 0 fully saturated rings. The van der Waals surface area contributed by atoms with Crippen molar-refractivity contribution in [3.63, 3.8) is 0 Å². The van der Waals surface area contributed by atoms with Crippen LogP contribution in [0.25, 0.3) is 11.9 Å². The Morgan fingerprint density at radius 2 is 2.05 bits per heavy atom. The molecule has 0 aliphatic rings. The Hall–Kier alpha value is -2.77. The number of hydrogen-bond acceptors (Lipinski definition) is 6. The van der Waals surface area contributed by atoms with E-state index in [9.17, 15) is 0 Å². The number of imidazole rings is 1. The molecule has 8 nitrogen and oxygen atoms in total. The molecule has 0 atom stereocenters. The van der Waals surface area contributed by atoms with Crippen LogP contribution < -0.4 is 5.32 Å². The van der Waals surface area contributed by atoms with Crippen LogP contribution in [0, 0.1) is 6.92 Å². The zero-order valence-corrected chi connectivity index (χ0v) is 11.2. The first-order chi connectivity index (χ1) is 9.76. The molecule has 20 heavy (non-hydrogen) atoms. The Labute approximate surface area is 115 Å². The summed E-state index contributed by atoms with van der Waals surface area (Å²) in [7, 11) is 0. The van der Waals surface area contributed by atoms with Crippen LogP contribution in [0.15, 0.2) is 31.1 Å². The van der Waals surface area contributed by atoms with Gasteiger partial charge in [-0.1, -0.05) is 0 Å². The van der Waals surface area contributed by atoms with Crippen LogP contribution in [-0.2, 0) is 0 Å². The maximum Gasteiger partial charge on any atom is 0.257 e. The van der Waals surface area contributed by atoms with E-state index in [1.54, 1.807) is 34.2 Å². The third-order valence-corrected chi connectivity index (χ3v) is 2.60. The van der Waals surface area contributed by atoms with Crippen molar-refractivity contribution in [2.45, 2.75) is 13.8 Å². The number of nitrogens with one attached hydrogen (secondary N) is 1. The van der Waals surface area contributed by atoms with E-state index in [-0.39, 0.29) is 0 Å². The average molecular weight is 270 g/mol. The number of rotatable bonds is 4. The van der Waals surface area contributed by atoms with Gasteiger partial charge in [-0.05, 0) is 19.4 Å². The van der Waals surface area contributed by atoms with Gasteiger partial charge >= 0.3 is 0 Å². The van der Waals surface area contributed by atoms with E-state index in [4.69, 9.17) is 0 Å². The number of hydrogen-bond donors (Lipinski definition) is 1. The van der Waals surface area contributed by atoms with E-state index in [0.717, 1.165) is 12.1 Å². The first kappa shape index (κ1) is 12.3. The van der Waals surface area contributed by atoms with Crippen molar-refractivity contribution in [1.82, 2.24) is 34.3 Å². The summed E-state index contributed by atoms with van der Waals surface area (Å²) in [5, 5.41) is 7.31. The van der Waals surface area contributed by atoms with Gasteiger partial charge in [-0.15, -0.1) is 0 Å². The summed E-state index contributed by atoms with van der Waals surface area (Å²) >= 11 is 0. The van der Waals surface area contributed by atoms with Crippen LogP contribution in [0.3, 0.4) is 0 Å². The molecule has 0 amide bonds. The molecule has 0 aromatic carbocycles. The average Bonchev–Trinajstić information content (AvgIpc) is 3.09. The van der Waals surface area contributed by atoms with Crippen molar-refractivity contribution in [2.75, 3.05) is 11.9 Å². The molecule has 3 heterocycles. The van der Waals surface area contributed by atoms with Crippen LogP contribution >= 0.6 is 0 Å². The van der Waals surface area contributed by atoms with Gasteiger partial charge in [0.25, 0.3) is 5.95 Å². The fraction of sp³-hybridized carbons (Fsp3) is 0.250. The van der Waals surface area contributed by atoms with Crippen LogP contribution in [-0.4, -0.2) is 40.8 Å². The minimum atomic E-state index is 0.466. The molecule has 8 heteroatoms. The Balaban J connectivity index is 2.09. The van der Waals surface area contributed by atoms with Crippen molar-refractivity contribution in [3.05, 3.63) is 36.7 Å². The number of aryl methyl sites for hydroxylation is 1. The van der Waals surface area contributed by atoms with Crippen LogP contribution in [0.1, 0.15) is 12.5 Å². The predicted molar refractivity (Wildman–Crippen MR) is 73.0 cm³/mol. The lowest BCUT2D eigenvalue weighted by molar-refractivity contribution is 0.774. The Bertz CT molecular complexity index is 700. The second kappa shape index (κ2) is 5.08. The smallest absolute Gasteiger partial charge is 0.257 e. The zero-order valence-electron chi connectivity index (χ0n) is 11.2. The van der Waals surface area contributed by atoms with Crippen molar-refractivity contribution < 1.29 is 0 Å². The van der Waals surface area contributed by atoms with Gasteiger partial charge in [0.2, 0.25) is 11.9 Å². The van der Waals surface area contributed by atoms with Gasteiger partial charge in [0.1, 0.15) is 6.33 Å². The van der Waals surface area contributed by atoms with Gasteiger partial charge < -0.3 is 5.32 Å². The first-order valence-electron chi connectivity index (χ1n) is 6.26. The minimum absolute atomic E-state index is 0.466. The van der Waals surface area contributed by atoms with Crippen LogP contribution in [0.5, 0.6) is 0 Å². The lowest BCUT2D eigenvalue weighted by Crippen LogP contribution is -2.12. The number of anilines is 1. The molecule has 0 unspecified atom stereocenters. The molecule has 0 saturated carbocycles. The summed E-state index contributed by atoms with van der Waals surface area (Å²) in [4.78, 5) is 17.1. The molecule has 0 aliphatic carbocycles. The van der Waals surface area contributed by atoms with E-state index >= 15 is 0 Å². The lowest BCUT2D eigenvalue weighted by atomic mass is 10.4. The summed E-state index contributed by atoms with van der Waals surface area (Å²) in [6.45, 7) is 4.68. The van der Waals surface area contributed by atoms with Crippen molar-refractivity contribution in [3.8, 4) is 11.9 Å². The number of aromatic nitrogens is 7. The van der Waals surface area contributed by atoms with Gasteiger partial charge in [-0.3, -0.25) is 4.57 Å². The van der Waals surface area contributed by atoms with E-state index in [2.05, 4.69) is 30.4 Å². The summed E-state index contributed by atoms with van der Waals surface area (Å²) in [6.07, 6.45) is 8.72. The Morgan fingerprint density at radius 1 is 1.20 bits per heavy atom. The third-order valence-electron chi connectivity index (χ3n) is 2.60. The second-order valence-corrected chi connectivity index (χ2v) is 4.22. The highest BCUT2D eigenvalue weighted by molar-refractivity contribution is 5.32. The molecule has 3 aromatic rings. The van der Waals surface area contributed by atoms with E-state index in [1.807, 2.05) is 20.0 Å². The third kappa shape index (κ3) is 2.35. The summed E-state index contributed by atoms with van der Waals surface area (Å²) in [5.74, 6) is 1.47. The fourth-order valence-electron chi connectivity index (χ4n) is 1.71. The Kier molecular flexibility index (Phi) is 3.12. The summed E-state index contributed by atoms with van der Waals surface area (Å²) in [5.41, 5.74) is 1.04. The summed E-state index contributed by atoms with van der Waals surface area (Å²) in [6, 6.07) is 0. The predicted octanol–water partition coefficient (Wildman–Crippen LogP) is 0.983. The van der Waals surface area contributed by atoms with Gasteiger partial charge in [-0.2, -0.15) is 20.1 Å². The molecule has 0 radical (unpaired) electrons. The molecule has 0 bridgehead atoms. The molecule has 0 saturated heterocycles. The largest absolute Gasteiger partial charge is 0.354 e. The summed E-state index contributed by atoms with van der Waals surface area (Å²) < 4.78 is 3.35. The lowest BCUT2D eigenvalue weighted by Gasteiger charge is -2.07. The van der Waals surface area contributed by atoms with Crippen molar-refractivity contribution >= 4 is 5.95 Å². The standard InChI is InChI=1S/C12H14N8/c1-3-14-10-16-11(19-5-4-13-8-19)18-12(17-10)20-7-9(2)6-15-20/h4-8H,3H2,1-2H3,(H,14,16,17,18). The van der Waals surface area contributed by atoms with E-state index < -0.39 is 0 Å². The van der Waals surface area contributed by atoms with Crippen LogP contribution in [0.4, 0.5) is 5.95 Å². The quantitative estimate of drug-likeness (QED) is 0.760. The van der Waals surface area contributed by atoms with Gasteiger partial charge in [0, 0.05) is 25.1 Å². The van der Waals surface area contributed by atoms with Gasteiger partial charge in [0.15, 0.2) is 0 Å². The van der Waals surface area contributed by atoms with E-state index in [1.165, 1.54) is 0 Å². The monoisotopic (exact) mass is 270 g/mol. The SMILES string of the molecule is CCNc1nc(-n2ccnc2)nc(-n2cc(C)cn2)n1. The minimum Gasteiger partial charge on any atom is -0.354 e.